The van der Waals surface area contributed by atoms with Crippen molar-refractivity contribution in [3.05, 3.63) is 36.1 Å². The first-order valence-corrected chi connectivity index (χ1v) is 6.84. The quantitative estimate of drug-likeness (QED) is 0.803. The van der Waals surface area contributed by atoms with Gasteiger partial charge in [0.25, 0.3) is 0 Å². The summed E-state index contributed by atoms with van der Waals surface area (Å²) in [7, 11) is 0. The van der Waals surface area contributed by atoms with Gasteiger partial charge in [0.2, 0.25) is 0 Å². The number of furan rings is 1. The molecule has 0 spiro atoms. The lowest BCUT2D eigenvalue weighted by atomic mass is 9.98. The maximum atomic E-state index is 12.5. The summed E-state index contributed by atoms with van der Waals surface area (Å²) in [5.41, 5.74) is 1.46. The SMILES string of the molecule is O=C(c1cc2c(cc1-c1ccco1)OCCO2)C1CC1. The Morgan fingerprint density at radius 3 is 2.50 bits per heavy atom. The van der Waals surface area contributed by atoms with Crippen LogP contribution in [-0.4, -0.2) is 19.0 Å². The predicted molar refractivity (Wildman–Crippen MR) is 72.2 cm³/mol. The van der Waals surface area contributed by atoms with Crippen LogP contribution in [0.25, 0.3) is 11.3 Å². The second kappa shape index (κ2) is 4.40. The molecule has 1 aliphatic heterocycles. The van der Waals surface area contributed by atoms with Gasteiger partial charge < -0.3 is 13.9 Å². The summed E-state index contributed by atoms with van der Waals surface area (Å²) in [5.74, 6) is 2.34. The van der Waals surface area contributed by atoms with Crippen molar-refractivity contribution in [2.45, 2.75) is 12.8 Å². The minimum atomic E-state index is 0.159. The highest BCUT2D eigenvalue weighted by Gasteiger charge is 2.33. The molecule has 0 saturated heterocycles. The summed E-state index contributed by atoms with van der Waals surface area (Å²) >= 11 is 0. The number of hydrogen-bond acceptors (Lipinski definition) is 4. The molecule has 4 nitrogen and oxygen atoms in total. The van der Waals surface area contributed by atoms with Crippen LogP contribution in [0, 0.1) is 5.92 Å². The van der Waals surface area contributed by atoms with Gasteiger partial charge in [0, 0.05) is 17.0 Å². The molecule has 0 radical (unpaired) electrons. The fourth-order valence-corrected chi connectivity index (χ4v) is 2.49. The minimum Gasteiger partial charge on any atom is -0.486 e. The lowest BCUT2D eigenvalue weighted by Gasteiger charge is -2.20. The highest BCUT2D eigenvalue weighted by atomic mass is 16.6. The van der Waals surface area contributed by atoms with E-state index >= 15 is 0 Å². The van der Waals surface area contributed by atoms with Crippen molar-refractivity contribution >= 4 is 5.78 Å². The van der Waals surface area contributed by atoms with Gasteiger partial charge in [-0.3, -0.25) is 4.79 Å². The number of carbonyl (C=O) groups is 1. The molecule has 1 aromatic heterocycles. The summed E-state index contributed by atoms with van der Waals surface area (Å²) in [5, 5.41) is 0. The number of carbonyl (C=O) groups excluding carboxylic acids is 1. The number of rotatable bonds is 3. The van der Waals surface area contributed by atoms with Gasteiger partial charge in [0.05, 0.1) is 6.26 Å². The zero-order valence-corrected chi connectivity index (χ0v) is 10.9. The Hall–Kier alpha value is -2.23. The lowest BCUT2D eigenvalue weighted by molar-refractivity contribution is 0.0967. The van der Waals surface area contributed by atoms with Gasteiger partial charge in [-0.05, 0) is 37.1 Å². The van der Waals surface area contributed by atoms with Crippen LogP contribution in [0.2, 0.25) is 0 Å². The highest BCUT2D eigenvalue weighted by Crippen LogP contribution is 2.41. The van der Waals surface area contributed by atoms with Crippen molar-refractivity contribution in [1.29, 1.82) is 0 Å². The molecule has 0 amide bonds. The van der Waals surface area contributed by atoms with Crippen molar-refractivity contribution < 1.29 is 18.7 Å². The van der Waals surface area contributed by atoms with E-state index in [1.54, 1.807) is 12.3 Å². The number of Topliss-reactive ketones (excluding diaryl/α,β-unsaturated/α-hetero) is 1. The summed E-state index contributed by atoms with van der Waals surface area (Å²) < 4.78 is 16.6. The average Bonchev–Trinajstić information content (AvgIpc) is 3.20. The van der Waals surface area contributed by atoms with Gasteiger partial charge in [-0.15, -0.1) is 0 Å². The number of fused-ring (bicyclic) bond motifs is 1. The van der Waals surface area contributed by atoms with E-state index in [1.807, 2.05) is 18.2 Å². The second-order valence-electron chi connectivity index (χ2n) is 5.16. The van der Waals surface area contributed by atoms with Crippen LogP contribution in [0.3, 0.4) is 0 Å². The van der Waals surface area contributed by atoms with Crippen LogP contribution in [0.5, 0.6) is 11.5 Å². The molecule has 2 aliphatic rings. The van der Waals surface area contributed by atoms with Crippen molar-refractivity contribution in [3.63, 3.8) is 0 Å². The molecule has 0 bridgehead atoms. The zero-order valence-electron chi connectivity index (χ0n) is 10.9. The molecule has 0 N–H and O–H groups in total. The van der Waals surface area contributed by atoms with Gasteiger partial charge in [-0.2, -0.15) is 0 Å². The molecule has 4 heteroatoms. The average molecular weight is 270 g/mol. The molecular weight excluding hydrogens is 256 g/mol. The summed E-state index contributed by atoms with van der Waals surface area (Å²) in [6.45, 7) is 1.05. The molecule has 20 heavy (non-hydrogen) atoms. The molecule has 1 aromatic carbocycles. The van der Waals surface area contributed by atoms with Gasteiger partial charge in [-0.1, -0.05) is 0 Å². The Bertz CT molecular complexity index is 653. The van der Waals surface area contributed by atoms with Crippen LogP contribution in [0.1, 0.15) is 23.2 Å². The third kappa shape index (κ3) is 1.88. The predicted octanol–water partition coefficient (Wildman–Crippen LogP) is 3.31. The normalized spacial score (nSPS) is 17.0. The molecule has 2 heterocycles. The van der Waals surface area contributed by atoms with Crippen LogP contribution in [0.4, 0.5) is 0 Å². The first kappa shape index (κ1) is 11.6. The maximum absolute atomic E-state index is 12.5. The van der Waals surface area contributed by atoms with Gasteiger partial charge in [0.15, 0.2) is 17.3 Å². The maximum Gasteiger partial charge on any atom is 0.166 e. The molecule has 102 valence electrons. The molecule has 0 unspecified atom stereocenters. The third-order valence-corrected chi connectivity index (χ3v) is 3.68. The largest absolute Gasteiger partial charge is 0.486 e. The minimum absolute atomic E-state index is 0.159. The molecule has 1 aliphatic carbocycles. The zero-order chi connectivity index (χ0) is 13.5. The Balaban J connectivity index is 1.87. The van der Waals surface area contributed by atoms with Crippen molar-refractivity contribution in [2.75, 3.05) is 13.2 Å². The standard InChI is InChI=1S/C16H14O4/c17-16(10-3-4-10)12-9-15-14(19-6-7-20-15)8-11(12)13-2-1-5-18-13/h1-2,5,8-10H,3-4,6-7H2. The van der Waals surface area contributed by atoms with E-state index in [-0.39, 0.29) is 11.7 Å². The van der Waals surface area contributed by atoms with E-state index < -0.39 is 0 Å². The number of ketones is 1. The van der Waals surface area contributed by atoms with Crippen LogP contribution in [0.15, 0.2) is 34.9 Å². The molecular formula is C16H14O4. The van der Waals surface area contributed by atoms with Gasteiger partial charge in [-0.25, -0.2) is 0 Å². The van der Waals surface area contributed by atoms with Crippen LogP contribution in [-0.2, 0) is 0 Å². The smallest absolute Gasteiger partial charge is 0.166 e. The topological polar surface area (TPSA) is 48.7 Å². The van der Waals surface area contributed by atoms with E-state index in [2.05, 4.69) is 0 Å². The van der Waals surface area contributed by atoms with Crippen molar-refractivity contribution in [1.82, 2.24) is 0 Å². The molecule has 0 atom stereocenters. The molecule has 1 saturated carbocycles. The fraction of sp³-hybridized carbons (Fsp3) is 0.312. The Labute approximate surface area is 116 Å². The second-order valence-corrected chi connectivity index (χ2v) is 5.16. The summed E-state index contributed by atoms with van der Waals surface area (Å²) in [6, 6.07) is 7.32. The van der Waals surface area contributed by atoms with Crippen molar-refractivity contribution in [3.8, 4) is 22.8 Å². The molecule has 2 aromatic rings. The summed E-state index contributed by atoms with van der Waals surface area (Å²) in [6.07, 6.45) is 3.56. The summed E-state index contributed by atoms with van der Waals surface area (Å²) in [4.78, 5) is 12.5. The van der Waals surface area contributed by atoms with Crippen molar-refractivity contribution in [2.24, 2.45) is 5.92 Å². The first-order valence-electron chi connectivity index (χ1n) is 6.84. The lowest BCUT2D eigenvalue weighted by Crippen LogP contribution is -2.16. The van der Waals surface area contributed by atoms with E-state index in [9.17, 15) is 4.79 Å². The van der Waals surface area contributed by atoms with E-state index in [4.69, 9.17) is 13.9 Å². The number of hydrogen-bond donors (Lipinski definition) is 0. The van der Waals surface area contributed by atoms with Crippen LogP contribution < -0.4 is 9.47 Å². The Morgan fingerprint density at radius 1 is 1.10 bits per heavy atom. The van der Waals surface area contributed by atoms with E-state index in [0.29, 0.717) is 36.0 Å². The Morgan fingerprint density at radius 2 is 1.85 bits per heavy atom. The van der Waals surface area contributed by atoms with E-state index in [0.717, 1.165) is 18.4 Å². The number of benzene rings is 1. The number of ether oxygens (including phenoxy) is 2. The molecule has 1 fully saturated rings. The monoisotopic (exact) mass is 270 g/mol. The van der Waals surface area contributed by atoms with Gasteiger partial charge in [0.1, 0.15) is 19.0 Å². The van der Waals surface area contributed by atoms with E-state index in [1.165, 1.54) is 0 Å². The molecule has 4 rings (SSSR count). The first-order chi connectivity index (χ1) is 9.83. The van der Waals surface area contributed by atoms with Gasteiger partial charge >= 0.3 is 0 Å². The van der Waals surface area contributed by atoms with Crippen LogP contribution >= 0.6 is 0 Å². The fourth-order valence-electron chi connectivity index (χ4n) is 2.49. The Kier molecular flexibility index (Phi) is 2.55. The third-order valence-electron chi connectivity index (χ3n) is 3.68. The highest BCUT2D eigenvalue weighted by molar-refractivity contribution is 6.05.